The van der Waals surface area contributed by atoms with E-state index in [0.29, 0.717) is 18.1 Å². The number of aliphatic imine (C=N–C) groups is 1. The molecular formula is C14H18N4O2S. The molecule has 1 aromatic rings. The highest BCUT2D eigenvalue weighted by Gasteiger charge is 2.40. The van der Waals surface area contributed by atoms with Gasteiger partial charge in [0.2, 0.25) is 0 Å². The molecule has 0 aromatic heterocycles. The summed E-state index contributed by atoms with van der Waals surface area (Å²) in [7, 11) is 0. The highest BCUT2D eigenvalue weighted by atomic mass is 32.2. The number of nitrogens with one attached hydrogen (secondary N) is 2. The summed E-state index contributed by atoms with van der Waals surface area (Å²) in [5, 5.41) is 6.21. The van der Waals surface area contributed by atoms with Gasteiger partial charge in [0.1, 0.15) is 5.82 Å². The number of nitrogen functional groups attached to an aromatic ring is 1. The van der Waals surface area contributed by atoms with Gasteiger partial charge in [-0.15, -0.1) is 11.8 Å². The molecule has 0 saturated carbocycles. The zero-order chi connectivity index (χ0) is 15.3. The first-order valence-corrected chi connectivity index (χ1v) is 7.71. The Morgan fingerprint density at radius 3 is 2.95 bits per heavy atom. The van der Waals surface area contributed by atoms with E-state index >= 15 is 0 Å². The van der Waals surface area contributed by atoms with Crippen molar-refractivity contribution in [2.45, 2.75) is 11.9 Å². The van der Waals surface area contributed by atoms with Gasteiger partial charge >= 0.3 is 5.97 Å². The van der Waals surface area contributed by atoms with Crippen LogP contribution >= 0.6 is 11.8 Å². The number of anilines is 2. The maximum Gasteiger partial charge on any atom is 0.366 e. The molecule has 0 amide bonds. The van der Waals surface area contributed by atoms with Gasteiger partial charge < -0.3 is 21.1 Å². The second-order valence-electron chi connectivity index (χ2n) is 4.26. The molecule has 1 heterocycles. The van der Waals surface area contributed by atoms with Crippen molar-refractivity contribution in [3.8, 4) is 0 Å². The maximum atomic E-state index is 12.1. The van der Waals surface area contributed by atoms with E-state index < -0.39 is 11.0 Å². The van der Waals surface area contributed by atoms with E-state index in [1.165, 1.54) is 11.8 Å². The first-order chi connectivity index (χ1) is 10.1. The molecule has 0 bridgehead atoms. The summed E-state index contributed by atoms with van der Waals surface area (Å²) in [5.41, 5.74) is 7.27. The molecule has 112 valence electrons. The third kappa shape index (κ3) is 3.30. The zero-order valence-corrected chi connectivity index (χ0v) is 12.7. The minimum atomic E-state index is -1.17. The van der Waals surface area contributed by atoms with Gasteiger partial charge in [-0.3, -0.25) is 0 Å². The summed E-state index contributed by atoms with van der Waals surface area (Å²) >= 11 is 1.26. The number of allylic oxidation sites excluding steroid dienone is 1. The van der Waals surface area contributed by atoms with E-state index in [-0.39, 0.29) is 0 Å². The highest BCUT2D eigenvalue weighted by molar-refractivity contribution is 8.00. The quantitative estimate of drug-likeness (QED) is 0.567. The van der Waals surface area contributed by atoms with Crippen molar-refractivity contribution in [1.82, 2.24) is 5.32 Å². The molecule has 6 nitrogen and oxygen atoms in total. The Hall–Kier alpha value is -2.15. The molecule has 2 rings (SSSR count). The first-order valence-electron chi connectivity index (χ1n) is 6.49. The average Bonchev–Trinajstić information content (AvgIpc) is 2.50. The number of nitrogens with two attached hydrogens (primary N) is 1. The first kappa shape index (κ1) is 15.2. The maximum absolute atomic E-state index is 12.1. The Morgan fingerprint density at radius 1 is 1.52 bits per heavy atom. The lowest BCUT2D eigenvalue weighted by molar-refractivity contribution is -0.146. The van der Waals surface area contributed by atoms with Crippen molar-refractivity contribution in [2.75, 3.05) is 23.9 Å². The molecule has 1 aliphatic heterocycles. The van der Waals surface area contributed by atoms with Crippen LogP contribution in [0, 0.1) is 0 Å². The van der Waals surface area contributed by atoms with Gasteiger partial charge in [-0.05, 0) is 31.4 Å². The van der Waals surface area contributed by atoms with Crippen molar-refractivity contribution in [1.29, 1.82) is 0 Å². The van der Waals surface area contributed by atoms with Crippen LogP contribution in [0.4, 0.5) is 11.4 Å². The number of thioether (sulfide) groups is 1. The summed E-state index contributed by atoms with van der Waals surface area (Å²) in [6, 6.07) is 7.39. The number of esters is 1. The number of hydrogen-bond donors (Lipinski definition) is 3. The highest BCUT2D eigenvalue weighted by Crippen LogP contribution is 2.27. The van der Waals surface area contributed by atoms with Crippen molar-refractivity contribution in [3.05, 3.63) is 36.2 Å². The smallest absolute Gasteiger partial charge is 0.366 e. The Morgan fingerprint density at radius 2 is 2.29 bits per heavy atom. The van der Waals surface area contributed by atoms with Crippen molar-refractivity contribution in [2.24, 2.45) is 4.99 Å². The summed E-state index contributed by atoms with van der Waals surface area (Å²) < 4.78 is 5.08. The Bertz CT molecular complexity index is 588. The number of nitrogens with zero attached hydrogens (tertiary/aromatic N) is 1. The predicted octanol–water partition coefficient (Wildman–Crippen LogP) is 1.78. The fraction of sp³-hybridized carbons (Fsp3) is 0.286. The van der Waals surface area contributed by atoms with Gasteiger partial charge in [0.25, 0.3) is 4.99 Å². The molecule has 1 atom stereocenters. The zero-order valence-electron chi connectivity index (χ0n) is 11.9. The van der Waals surface area contributed by atoms with Crippen LogP contribution in [0.5, 0.6) is 0 Å². The van der Waals surface area contributed by atoms with E-state index in [1.807, 2.05) is 18.2 Å². The Labute approximate surface area is 127 Å². The van der Waals surface area contributed by atoms with E-state index in [9.17, 15) is 4.79 Å². The van der Waals surface area contributed by atoms with Gasteiger partial charge in [0, 0.05) is 6.21 Å². The molecule has 0 saturated heterocycles. The van der Waals surface area contributed by atoms with E-state index in [0.717, 1.165) is 5.69 Å². The summed E-state index contributed by atoms with van der Waals surface area (Å²) in [6.07, 6.45) is 5.10. The lowest BCUT2D eigenvalue weighted by Crippen LogP contribution is -2.50. The number of rotatable bonds is 5. The topological polar surface area (TPSA) is 88.7 Å². The van der Waals surface area contributed by atoms with Gasteiger partial charge in [0.05, 0.1) is 18.0 Å². The van der Waals surface area contributed by atoms with Crippen LogP contribution in [0.15, 0.2) is 41.2 Å². The second-order valence-corrected chi connectivity index (χ2v) is 5.26. The van der Waals surface area contributed by atoms with E-state index in [4.69, 9.17) is 10.5 Å². The van der Waals surface area contributed by atoms with Crippen LogP contribution in [0.2, 0.25) is 0 Å². The number of hydrogen-bond acceptors (Lipinski definition) is 7. The van der Waals surface area contributed by atoms with Gasteiger partial charge in [-0.25, -0.2) is 9.79 Å². The molecule has 4 N–H and O–H groups in total. The van der Waals surface area contributed by atoms with Gasteiger partial charge in [0.15, 0.2) is 0 Å². The fourth-order valence-electron chi connectivity index (χ4n) is 1.82. The van der Waals surface area contributed by atoms with Gasteiger partial charge in [-0.1, -0.05) is 12.1 Å². The van der Waals surface area contributed by atoms with Crippen LogP contribution in [0.25, 0.3) is 0 Å². The Balaban J connectivity index is 2.17. The lowest BCUT2D eigenvalue weighted by Gasteiger charge is -2.31. The standard InChI is InChI=1S/C14H18N4O2S/c1-3-20-13(19)14(21-2)16-9-8-12(18-14)17-11-7-5-4-6-10(11)15/h4-9,17-18H,3,15H2,1-2H3. The second kappa shape index (κ2) is 6.53. The lowest BCUT2D eigenvalue weighted by atomic mass is 10.2. The molecular weight excluding hydrogens is 288 g/mol. The number of carbonyl (C=O) groups excluding carboxylic acids is 1. The molecule has 1 aromatic carbocycles. The normalized spacial score (nSPS) is 20.4. The fourth-order valence-corrected chi connectivity index (χ4v) is 2.43. The average molecular weight is 306 g/mol. The molecule has 0 radical (unpaired) electrons. The molecule has 21 heavy (non-hydrogen) atoms. The van der Waals surface area contributed by atoms with E-state index in [1.54, 1.807) is 31.5 Å². The number of para-hydroxylation sites is 2. The van der Waals surface area contributed by atoms with Crippen molar-refractivity contribution >= 4 is 35.3 Å². The van der Waals surface area contributed by atoms with E-state index in [2.05, 4.69) is 15.6 Å². The molecule has 1 aliphatic rings. The minimum Gasteiger partial charge on any atom is -0.462 e. The summed E-state index contributed by atoms with van der Waals surface area (Å²) in [6.45, 7) is 2.06. The predicted molar refractivity (Wildman–Crippen MR) is 87.1 cm³/mol. The molecule has 0 spiro atoms. The van der Waals surface area contributed by atoms with Crippen molar-refractivity contribution < 1.29 is 9.53 Å². The number of carbonyl (C=O) groups is 1. The van der Waals surface area contributed by atoms with Crippen molar-refractivity contribution in [3.63, 3.8) is 0 Å². The molecule has 0 fully saturated rings. The van der Waals surface area contributed by atoms with Crippen LogP contribution in [0.3, 0.4) is 0 Å². The van der Waals surface area contributed by atoms with Crippen LogP contribution in [-0.4, -0.2) is 30.0 Å². The number of ether oxygens (including phenoxy) is 1. The van der Waals surface area contributed by atoms with Crippen LogP contribution in [0.1, 0.15) is 6.92 Å². The summed E-state index contributed by atoms with van der Waals surface area (Å²) in [5.74, 6) is 0.201. The molecule has 0 aliphatic carbocycles. The van der Waals surface area contributed by atoms with Crippen LogP contribution < -0.4 is 16.4 Å². The number of benzene rings is 1. The third-order valence-electron chi connectivity index (χ3n) is 2.88. The largest absolute Gasteiger partial charge is 0.462 e. The third-order valence-corrected chi connectivity index (χ3v) is 3.84. The van der Waals surface area contributed by atoms with Gasteiger partial charge in [-0.2, -0.15) is 0 Å². The SMILES string of the molecule is CCOC(=O)C1(SC)N=CC=C(Nc2ccccc2N)N1. The van der Waals surface area contributed by atoms with Crippen LogP contribution in [-0.2, 0) is 9.53 Å². The Kier molecular flexibility index (Phi) is 4.74. The monoisotopic (exact) mass is 306 g/mol. The minimum absolute atomic E-state index is 0.302. The molecule has 1 unspecified atom stereocenters. The summed E-state index contributed by atoms with van der Waals surface area (Å²) in [4.78, 5) is 15.2. The molecule has 7 heteroatoms.